The summed E-state index contributed by atoms with van der Waals surface area (Å²) in [6.45, 7) is 4.77. The van der Waals surface area contributed by atoms with Crippen LogP contribution in [0.3, 0.4) is 0 Å². The molecule has 5 heteroatoms. The molecule has 1 unspecified atom stereocenters. The fourth-order valence-corrected chi connectivity index (χ4v) is 1.67. The van der Waals surface area contributed by atoms with Crippen LogP contribution >= 0.6 is 0 Å². The van der Waals surface area contributed by atoms with Crippen LogP contribution in [-0.4, -0.2) is 22.7 Å². The number of rotatable bonds is 6. The third kappa shape index (κ3) is 3.71. The normalized spacial score (nSPS) is 12.8. The van der Waals surface area contributed by atoms with Gasteiger partial charge in [-0.15, -0.1) is 0 Å². The number of aromatic nitrogens is 2. The second kappa shape index (κ2) is 5.63. The van der Waals surface area contributed by atoms with E-state index in [-0.39, 0.29) is 0 Å². The maximum atomic E-state index is 5.29. The van der Waals surface area contributed by atoms with Crippen molar-refractivity contribution < 1.29 is 8.94 Å². The fraction of sp³-hybridized carbons (Fsp3) is 0.500. The van der Waals surface area contributed by atoms with E-state index in [1.807, 2.05) is 19.1 Å². The quantitative estimate of drug-likeness (QED) is 0.826. The van der Waals surface area contributed by atoms with Gasteiger partial charge in [-0.25, -0.2) is 0 Å². The van der Waals surface area contributed by atoms with Gasteiger partial charge < -0.3 is 14.3 Å². The monoisotopic (exact) mass is 235 g/mol. The zero-order valence-corrected chi connectivity index (χ0v) is 10.1. The van der Waals surface area contributed by atoms with Gasteiger partial charge in [0.2, 0.25) is 5.89 Å². The lowest BCUT2D eigenvalue weighted by atomic mass is 10.2. The van der Waals surface area contributed by atoms with Crippen LogP contribution in [0.25, 0.3) is 0 Å². The van der Waals surface area contributed by atoms with E-state index in [0.717, 1.165) is 25.1 Å². The summed E-state index contributed by atoms with van der Waals surface area (Å²) in [5.74, 6) is 2.36. The minimum atomic E-state index is 0.366. The Hall–Kier alpha value is -1.62. The Morgan fingerprint density at radius 1 is 1.47 bits per heavy atom. The van der Waals surface area contributed by atoms with E-state index in [1.165, 1.54) is 0 Å². The molecule has 2 aromatic rings. The van der Waals surface area contributed by atoms with Gasteiger partial charge in [0.1, 0.15) is 5.76 Å². The topological polar surface area (TPSA) is 64.1 Å². The van der Waals surface area contributed by atoms with Gasteiger partial charge in [0.25, 0.3) is 0 Å². The highest BCUT2D eigenvalue weighted by molar-refractivity contribution is 5.00. The lowest BCUT2D eigenvalue weighted by molar-refractivity contribution is 0.368. The number of furan rings is 1. The van der Waals surface area contributed by atoms with Gasteiger partial charge in [-0.1, -0.05) is 5.16 Å². The van der Waals surface area contributed by atoms with Crippen molar-refractivity contribution in [1.29, 1.82) is 0 Å². The van der Waals surface area contributed by atoms with Crippen LogP contribution in [-0.2, 0) is 12.8 Å². The van der Waals surface area contributed by atoms with Gasteiger partial charge in [0.05, 0.1) is 6.26 Å². The summed E-state index contributed by atoms with van der Waals surface area (Å²) in [6, 6.07) is 4.26. The molecule has 1 atom stereocenters. The van der Waals surface area contributed by atoms with Crippen LogP contribution in [0.2, 0.25) is 0 Å². The molecule has 0 aromatic carbocycles. The van der Waals surface area contributed by atoms with Gasteiger partial charge in [0, 0.05) is 25.4 Å². The molecule has 1 N–H and O–H groups in total. The van der Waals surface area contributed by atoms with Crippen molar-refractivity contribution >= 4 is 0 Å². The van der Waals surface area contributed by atoms with E-state index in [2.05, 4.69) is 22.4 Å². The van der Waals surface area contributed by atoms with E-state index >= 15 is 0 Å². The van der Waals surface area contributed by atoms with Crippen molar-refractivity contribution in [1.82, 2.24) is 15.5 Å². The number of nitrogens with one attached hydrogen (secondary N) is 1. The molecular weight excluding hydrogens is 218 g/mol. The number of aryl methyl sites for hydroxylation is 1. The predicted molar refractivity (Wildman–Crippen MR) is 62.6 cm³/mol. The summed E-state index contributed by atoms with van der Waals surface area (Å²) in [5.41, 5.74) is 0. The first-order valence-corrected chi connectivity index (χ1v) is 5.79. The summed E-state index contributed by atoms with van der Waals surface area (Å²) in [7, 11) is 0. The highest BCUT2D eigenvalue weighted by Crippen LogP contribution is 2.04. The second-order valence-electron chi connectivity index (χ2n) is 4.12. The molecule has 2 heterocycles. The second-order valence-corrected chi connectivity index (χ2v) is 4.12. The Morgan fingerprint density at radius 2 is 2.35 bits per heavy atom. The third-order valence-corrected chi connectivity index (χ3v) is 2.49. The summed E-state index contributed by atoms with van der Waals surface area (Å²) < 4.78 is 10.3. The summed E-state index contributed by atoms with van der Waals surface area (Å²) >= 11 is 0. The average Bonchev–Trinajstić information content (AvgIpc) is 2.90. The molecule has 0 aliphatic rings. The highest BCUT2D eigenvalue weighted by Gasteiger charge is 2.06. The number of hydrogen-bond donors (Lipinski definition) is 1. The Labute approximate surface area is 100 Å². The molecule has 0 aliphatic carbocycles. The SMILES string of the molecule is Cc1noc(CCNC(C)Cc2ccco2)n1. The molecule has 0 saturated heterocycles. The Bertz CT molecular complexity index is 436. The fourth-order valence-electron chi connectivity index (χ4n) is 1.67. The molecule has 0 aliphatic heterocycles. The van der Waals surface area contributed by atoms with Gasteiger partial charge in [0.15, 0.2) is 5.82 Å². The number of hydrogen-bond acceptors (Lipinski definition) is 5. The zero-order chi connectivity index (χ0) is 12.1. The largest absolute Gasteiger partial charge is 0.469 e. The molecule has 2 aromatic heterocycles. The molecule has 2 rings (SSSR count). The molecule has 0 saturated carbocycles. The van der Waals surface area contributed by atoms with Gasteiger partial charge in [-0.3, -0.25) is 0 Å². The van der Waals surface area contributed by atoms with Crippen molar-refractivity contribution in [2.75, 3.05) is 6.54 Å². The Kier molecular flexibility index (Phi) is 3.93. The van der Waals surface area contributed by atoms with Crippen LogP contribution in [0.1, 0.15) is 24.4 Å². The van der Waals surface area contributed by atoms with Crippen LogP contribution < -0.4 is 5.32 Å². The Morgan fingerprint density at radius 3 is 3.00 bits per heavy atom. The first kappa shape index (κ1) is 11.9. The molecule has 17 heavy (non-hydrogen) atoms. The van der Waals surface area contributed by atoms with E-state index in [4.69, 9.17) is 8.94 Å². The summed E-state index contributed by atoms with van der Waals surface area (Å²) in [6.07, 6.45) is 3.34. The third-order valence-electron chi connectivity index (χ3n) is 2.49. The minimum Gasteiger partial charge on any atom is -0.469 e. The first-order valence-electron chi connectivity index (χ1n) is 5.79. The Balaban J connectivity index is 1.68. The van der Waals surface area contributed by atoms with Crippen molar-refractivity contribution in [2.45, 2.75) is 32.7 Å². The minimum absolute atomic E-state index is 0.366. The molecule has 0 radical (unpaired) electrons. The standard InChI is InChI=1S/C12H17N3O2/c1-9(8-11-4-3-7-16-11)13-6-5-12-14-10(2)15-17-12/h3-4,7,9,13H,5-6,8H2,1-2H3. The lowest BCUT2D eigenvalue weighted by Crippen LogP contribution is -2.29. The highest BCUT2D eigenvalue weighted by atomic mass is 16.5. The van der Waals surface area contributed by atoms with Gasteiger partial charge in [-0.2, -0.15) is 4.98 Å². The first-order chi connectivity index (χ1) is 8.24. The zero-order valence-electron chi connectivity index (χ0n) is 10.1. The van der Waals surface area contributed by atoms with Crippen LogP contribution in [0, 0.1) is 6.92 Å². The van der Waals surface area contributed by atoms with Crippen LogP contribution in [0.5, 0.6) is 0 Å². The molecule has 0 fully saturated rings. The van der Waals surface area contributed by atoms with E-state index in [9.17, 15) is 0 Å². The smallest absolute Gasteiger partial charge is 0.227 e. The van der Waals surface area contributed by atoms with Gasteiger partial charge >= 0.3 is 0 Å². The van der Waals surface area contributed by atoms with E-state index < -0.39 is 0 Å². The maximum Gasteiger partial charge on any atom is 0.227 e. The molecule has 0 bridgehead atoms. The molecule has 92 valence electrons. The summed E-state index contributed by atoms with van der Waals surface area (Å²) in [5, 5.41) is 7.14. The molecular formula is C12H17N3O2. The van der Waals surface area contributed by atoms with Crippen molar-refractivity contribution in [2.24, 2.45) is 0 Å². The summed E-state index contributed by atoms with van der Waals surface area (Å²) in [4.78, 5) is 4.15. The molecule has 0 spiro atoms. The van der Waals surface area contributed by atoms with Gasteiger partial charge in [-0.05, 0) is 26.0 Å². The van der Waals surface area contributed by atoms with E-state index in [0.29, 0.717) is 17.8 Å². The van der Waals surface area contributed by atoms with Crippen LogP contribution in [0.15, 0.2) is 27.3 Å². The van der Waals surface area contributed by atoms with Crippen molar-refractivity contribution in [3.8, 4) is 0 Å². The van der Waals surface area contributed by atoms with Crippen molar-refractivity contribution in [3.05, 3.63) is 35.9 Å². The molecule has 0 amide bonds. The maximum absolute atomic E-state index is 5.29. The van der Waals surface area contributed by atoms with E-state index in [1.54, 1.807) is 6.26 Å². The average molecular weight is 235 g/mol. The van der Waals surface area contributed by atoms with Crippen molar-refractivity contribution in [3.63, 3.8) is 0 Å². The number of nitrogens with zero attached hydrogens (tertiary/aromatic N) is 2. The predicted octanol–water partition coefficient (Wildman–Crippen LogP) is 1.73. The van der Waals surface area contributed by atoms with Crippen LogP contribution in [0.4, 0.5) is 0 Å². The lowest BCUT2D eigenvalue weighted by Gasteiger charge is -2.10. The molecule has 5 nitrogen and oxygen atoms in total.